The molecular formula is C21H21Cl2N3O3. The molecule has 0 aliphatic carbocycles. The van der Waals surface area contributed by atoms with Crippen LogP contribution in [0.4, 0.5) is 5.69 Å². The van der Waals surface area contributed by atoms with E-state index in [4.69, 9.17) is 23.2 Å². The van der Waals surface area contributed by atoms with Gasteiger partial charge in [-0.3, -0.25) is 9.59 Å². The van der Waals surface area contributed by atoms with Crippen LogP contribution in [0.15, 0.2) is 49.1 Å². The van der Waals surface area contributed by atoms with Crippen molar-refractivity contribution in [3.8, 4) is 16.9 Å². The number of nitrogens with zero attached hydrogens (tertiary/aromatic N) is 2. The number of benzene rings is 2. The van der Waals surface area contributed by atoms with Crippen LogP contribution in [0, 0.1) is 0 Å². The van der Waals surface area contributed by atoms with Crippen LogP contribution in [0.25, 0.3) is 11.1 Å². The second-order valence-corrected chi connectivity index (χ2v) is 7.47. The number of anilines is 1. The summed E-state index contributed by atoms with van der Waals surface area (Å²) in [6.45, 7) is 5.36. The Kier molecular flexibility index (Phi) is 6.67. The molecule has 0 spiro atoms. The molecule has 1 saturated heterocycles. The Morgan fingerprint density at radius 3 is 2.45 bits per heavy atom. The fraction of sp³-hybridized carbons (Fsp3) is 0.238. The first kappa shape index (κ1) is 21.0. The number of phenolic OH excluding ortho intramolecular Hbond substituents is 1. The van der Waals surface area contributed by atoms with Crippen molar-refractivity contribution in [3.05, 3.63) is 59.1 Å². The van der Waals surface area contributed by atoms with E-state index in [1.807, 2.05) is 12.1 Å². The lowest BCUT2D eigenvalue weighted by Gasteiger charge is -2.34. The predicted octanol–water partition coefficient (Wildman–Crippen LogP) is 3.63. The molecule has 152 valence electrons. The zero-order valence-corrected chi connectivity index (χ0v) is 17.2. The van der Waals surface area contributed by atoms with E-state index in [9.17, 15) is 14.7 Å². The van der Waals surface area contributed by atoms with Gasteiger partial charge in [-0.05, 0) is 29.8 Å². The van der Waals surface area contributed by atoms with Crippen LogP contribution in [0.5, 0.6) is 5.75 Å². The second kappa shape index (κ2) is 9.20. The van der Waals surface area contributed by atoms with E-state index in [0.717, 1.165) is 5.56 Å². The Morgan fingerprint density at radius 1 is 1.10 bits per heavy atom. The molecule has 8 heteroatoms. The molecule has 2 N–H and O–H groups in total. The molecule has 0 aromatic heterocycles. The second-order valence-electron chi connectivity index (χ2n) is 6.62. The van der Waals surface area contributed by atoms with Gasteiger partial charge in [0, 0.05) is 42.8 Å². The van der Waals surface area contributed by atoms with Crippen LogP contribution in [-0.2, 0) is 9.59 Å². The van der Waals surface area contributed by atoms with Crippen molar-refractivity contribution in [1.82, 2.24) is 9.80 Å². The van der Waals surface area contributed by atoms with Gasteiger partial charge in [0.1, 0.15) is 5.75 Å². The van der Waals surface area contributed by atoms with Crippen molar-refractivity contribution in [3.63, 3.8) is 0 Å². The first-order valence-electron chi connectivity index (χ1n) is 9.10. The lowest BCUT2D eigenvalue weighted by atomic mass is 10.0. The molecule has 1 aliphatic heterocycles. The minimum absolute atomic E-state index is 0.0135. The van der Waals surface area contributed by atoms with Gasteiger partial charge < -0.3 is 20.2 Å². The molecular weight excluding hydrogens is 413 g/mol. The Labute approximate surface area is 179 Å². The number of hydrogen-bond acceptors (Lipinski definition) is 4. The summed E-state index contributed by atoms with van der Waals surface area (Å²) in [7, 11) is 0. The number of phenols is 1. The van der Waals surface area contributed by atoms with Gasteiger partial charge in [-0.1, -0.05) is 41.9 Å². The molecule has 2 amide bonds. The molecule has 1 fully saturated rings. The predicted molar refractivity (Wildman–Crippen MR) is 115 cm³/mol. The summed E-state index contributed by atoms with van der Waals surface area (Å²) in [4.78, 5) is 27.5. The monoisotopic (exact) mass is 433 g/mol. The Balaban J connectivity index is 1.66. The Hall–Kier alpha value is -2.70. The highest BCUT2D eigenvalue weighted by Gasteiger charge is 2.23. The fourth-order valence-corrected chi connectivity index (χ4v) is 3.63. The van der Waals surface area contributed by atoms with E-state index in [0.29, 0.717) is 47.5 Å². The van der Waals surface area contributed by atoms with Crippen LogP contribution in [0.2, 0.25) is 10.0 Å². The number of halogens is 2. The molecule has 0 radical (unpaired) electrons. The summed E-state index contributed by atoms with van der Waals surface area (Å²) in [5.41, 5.74) is 1.90. The van der Waals surface area contributed by atoms with Crippen LogP contribution in [-0.4, -0.2) is 59.4 Å². The molecule has 6 nitrogen and oxygen atoms in total. The maximum atomic E-state index is 12.5. The minimum atomic E-state index is -0.130. The Bertz CT molecular complexity index is 941. The third kappa shape index (κ3) is 5.02. The highest BCUT2D eigenvalue weighted by atomic mass is 35.5. The minimum Gasteiger partial charge on any atom is -0.506 e. The molecule has 0 bridgehead atoms. The van der Waals surface area contributed by atoms with Gasteiger partial charge in [-0.15, -0.1) is 0 Å². The van der Waals surface area contributed by atoms with Gasteiger partial charge in [0.05, 0.1) is 17.3 Å². The first-order valence-corrected chi connectivity index (χ1v) is 9.86. The molecule has 1 aliphatic rings. The summed E-state index contributed by atoms with van der Waals surface area (Å²) >= 11 is 12.3. The molecule has 1 heterocycles. The van der Waals surface area contributed by atoms with Crippen LogP contribution < -0.4 is 5.32 Å². The van der Waals surface area contributed by atoms with Crippen LogP contribution in [0.3, 0.4) is 0 Å². The van der Waals surface area contributed by atoms with Gasteiger partial charge in [0.25, 0.3) is 0 Å². The number of carbonyl (C=O) groups excluding carboxylic acids is 2. The third-order valence-corrected chi connectivity index (χ3v) is 5.32. The van der Waals surface area contributed by atoms with Crippen molar-refractivity contribution >= 4 is 40.7 Å². The van der Waals surface area contributed by atoms with E-state index in [-0.39, 0.29) is 24.1 Å². The molecule has 2 aromatic carbocycles. The zero-order valence-electron chi connectivity index (χ0n) is 15.7. The van der Waals surface area contributed by atoms with E-state index in [1.165, 1.54) is 12.1 Å². The maximum absolute atomic E-state index is 12.5. The van der Waals surface area contributed by atoms with Gasteiger partial charge in [-0.25, -0.2) is 0 Å². The van der Waals surface area contributed by atoms with Crippen LogP contribution >= 0.6 is 23.2 Å². The summed E-state index contributed by atoms with van der Waals surface area (Å²) in [6, 6.07) is 10.3. The average molecular weight is 434 g/mol. The third-order valence-electron chi connectivity index (χ3n) is 4.77. The molecule has 0 atom stereocenters. The van der Waals surface area contributed by atoms with E-state index >= 15 is 0 Å². The lowest BCUT2D eigenvalue weighted by molar-refractivity contribution is -0.135. The van der Waals surface area contributed by atoms with Gasteiger partial charge in [-0.2, -0.15) is 0 Å². The molecule has 29 heavy (non-hydrogen) atoms. The highest BCUT2D eigenvalue weighted by molar-refractivity contribution is 6.34. The molecule has 2 aromatic rings. The average Bonchev–Trinajstić information content (AvgIpc) is 2.72. The topological polar surface area (TPSA) is 72.9 Å². The smallest absolute Gasteiger partial charge is 0.246 e. The summed E-state index contributed by atoms with van der Waals surface area (Å²) in [5.74, 6) is -0.292. The lowest BCUT2D eigenvalue weighted by Crippen LogP contribution is -2.51. The number of nitrogens with one attached hydrogen (secondary N) is 1. The fourth-order valence-electron chi connectivity index (χ4n) is 3.17. The highest BCUT2D eigenvalue weighted by Crippen LogP contribution is 2.37. The maximum Gasteiger partial charge on any atom is 0.246 e. The molecule has 0 saturated carbocycles. The molecule has 3 rings (SSSR count). The van der Waals surface area contributed by atoms with Crippen molar-refractivity contribution in [1.29, 1.82) is 0 Å². The standard InChI is InChI=1S/C21H21Cl2N3O3/c1-2-20(28)25-6-8-26(9-7-25)21(29)13-24-18-11-16(17(23)12-19(18)27)14-4-3-5-15(22)10-14/h2-5,10-12,24,27H,1,6-9,13H2. The van der Waals surface area contributed by atoms with Gasteiger partial charge >= 0.3 is 0 Å². The quantitative estimate of drug-likeness (QED) is 0.557. The van der Waals surface area contributed by atoms with E-state index in [2.05, 4.69) is 11.9 Å². The SMILES string of the molecule is C=CC(=O)N1CCN(C(=O)CNc2cc(-c3cccc(Cl)c3)c(Cl)cc2O)CC1. The van der Waals surface area contributed by atoms with Crippen LogP contribution in [0.1, 0.15) is 0 Å². The number of piperazine rings is 1. The number of rotatable bonds is 5. The number of aromatic hydroxyl groups is 1. The first-order chi connectivity index (χ1) is 13.9. The van der Waals surface area contributed by atoms with Crippen molar-refractivity contribution in [2.24, 2.45) is 0 Å². The largest absolute Gasteiger partial charge is 0.506 e. The summed E-state index contributed by atoms with van der Waals surface area (Å²) in [6.07, 6.45) is 1.28. The number of hydrogen-bond donors (Lipinski definition) is 2. The zero-order chi connectivity index (χ0) is 21.0. The van der Waals surface area contributed by atoms with Crippen molar-refractivity contribution in [2.75, 3.05) is 38.0 Å². The van der Waals surface area contributed by atoms with E-state index in [1.54, 1.807) is 28.0 Å². The van der Waals surface area contributed by atoms with E-state index < -0.39 is 0 Å². The van der Waals surface area contributed by atoms with Gasteiger partial charge in [0.15, 0.2) is 0 Å². The van der Waals surface area contributed by atoms with Crippen molar-refractivity contribution < 1.29 is 14.7 Å². The number of carbonyl (C=O) groups is 2. The van der Waals surface area contributed by atoms with Gasteiger partial charge in [0.2, 0.25) is 11.8 Å². The summed E-state index contributed by atoms with van der Waals surface area (Å²) in [5, 5.41) is 14.1. The van der Waals surface area contributed by atoms with Crippen molar-refractivity contribution in [2.45, 2.75) is 0 Å². The number of amides is 2. The Morgan fingerprint density at radius 2 is 1.79 bits per heavy atom. The molecule has 0 unspecified atom stereocenters. The summed E-state index contributed by atoms with van der Waals surface area (Å²) < 4.78 is 0. The normalized spacial score (nSPS) is 13.9.